The molecule has 2 aromatic heterocycles. The number of aromatic amines is 2. The molecule has 3 atom stereocenters. The third kappa shape index (κ3) is 8.38. The van der Waals surface area contributed by atoms with E-state index in [4.69, 9.17) is 19.4 Å². The van der Waals surface area contributed by atoms with Crippen LogP contribution in [0.3, 0.4) is 0 Å². The Morgan fingerprint density at radius 2 is 1.37 bits per heavy atom. The van der Waals surface area contributed by atoms with E-state index in [-0.39, 0.29) is 29.7 Å². The Morgan fingerprint density at radius 3 is 2.03 bits per heavy atom. The standard InChI is InChI=1S/C48H58N8O6/c1-27(2)39(53-46(59)61-5)43(57)55-48(22-7-8-23-48)45-50-35-21-19-32(26-37(35)51-45)30-16-14-29(15-17-30)31-18-20-34-33(25-31)11-9-12-36-41(34)52-42(49-36)38-13-10-24-56(38)44(58)40(28(3)4)54-47(60)62-6/h14-21,25-28,38-40H,7-13,22-24H2,1-6H3,(H,49,52)(H,50,51)(H,53,59)(H,54,60)(H,55,57)/t38-,39?,40-/m0/s1. The summed E-state index contributed by atoms with van der Waals surface area (Å²) in [5, 5.41) is 8.70. The number of rotatable bonds is 11. The fourth-order valence-corrected chi connectivity index (χ4v) is 9.56. The lowest BCUT2D eigenvalue weighted by molar-refractivity contribution is -0.135. The number of carbonyl (C=O) groups is 4. The van der Waals surface area contributed by atoms with Gasteiger partial charge >= 0.3 is 12.2 Å². The van der Waals surface area contributed by atoms with E-state index >= 15 is 0 Å². The van der Waals surface area contributed by atoms with E-state index in [0.717, 1.165) is 120 Å². The number of aromatic nitrogens is 4. The highest BCUT2D eigenvalue weighted by molar-refractivity contribution is 5.88. The molecule has 1 aliphatic heterocycles. The molecule has 5 N–H and O–H groups in total. The highest BCUT2D eigenvalue weighted by atomic mass is 16.5. The van der Waals surface area contributed by atoms with Crippen LogP contribution in [0.25, 0.3) is 44.5 Å². The van der Waals surface area contributed by atoms with Crippen molar-refractivity contribution in [2.24, 2.45) is 11.8 Å². The van der Waals surface area contributed by atoms with Crippen molar-refractivity contribution >= 4 is 35.0 Å². The molecule has 62 heavy (non-hydrogen) atoms. The molecular formula is C48H58N8O6. The van der Waals surface area contributed by atoms with E-state index in [2.05, 4.69) is 80.5 Å². The number of carbonyl (C=O) groups excluding carboxylic acids is 4. The van der Waals surface area contributed by atoms with Crippen molar-refractivity contribution in [1.82, 2.24) is 40.8 Å². The number of methoxy groups -OCH3 is 2. The Labute approximate surface area is 362 Å². The molecule has 1 saturated carbocycles. The topological polar surface area (TPSA) is 183 Å². The summed E-state index contributed by atoms with van der Waals surface area (Å²) in [7, 11) is 2.60. The second kappa shape index (κ2) is 17.7. The molecular weight excluding hydrogens is 785 g/mol. The molecule has 3 aliphatic rings. The molecule has 14 nitrogen and oxygen atoms in total. The number of benzene rings is 3. The van der Waals surface area contributed by atoms with E-state index in [1.54, 1.807) is 0 Å². The van der Waals surface area contributed by atoms with E-state index in [1.807, 2.05) is 38.7 Å². The number of H-pyrrole nitrogens is 2. The van der Waals surface area contributed by atoms with Crippen molar-refractivity contribution in [2.45, 2.75) is 109 Å². The Hall–Kier alpha value is -6.18. The highest BCUT2D eigenvalue weighted by Crippen LogP contribution is 2.40. The van der Waals surface area contributed by atoms with Gasteiger partial charge in [-0.25, -0.2) is 19.6 Å². The summed E-state index contributed by atoms with van der Waals surface area (Å²) in [4.78, 5) is 70.7. The zero-order valence-corrected chi connectivity index (χ0v) is 36.5. The number of nitrogens with one attached hydrogen (secondary N) is 5. The fourth-order valence-electron chi connectivity index (χ4n) is 9.56. The summed E-state index contributed by atoms with van der Waals surface area (Å²) in [6.07, 6.45) is 6.62. The zero-order chi connectivity index (χ0) is 43.7. The minimum absolute atomic E-state index is 0.101. The smallest absolute Gasteiger partial charge is 0.407 e. The van der Waals surface area contributed by atoms with Gasteiger partial charge in [-0.05, 0) is 96.7 Å². The maximum absolute atomic E-state index is 13.8. The number of hydrogen-bond acceptors (Lipinski definition) is 8. The zero-order valence-electron chi connectivity index (χ0n) is 36.5. The summed E-state index contributed by atoms with van der Waals surface area (Å²) in [5.74, 6) is 0.926. The van der Waals surface area contributed by atoms with Crippen LogP contribution in [0.5, 0.6) is 0 Å². The first-order valence-corrected chi connectivity index (χ1v) is 22.0. The van der Waals surface area contributed by atoms with Gasteiger partial charge < -0.3 is 40.3 Å². The van der Waals surface area contributed by atoms with Crippen LogP contribution in [0.1, 0.15) is 102 Å². The fraction of sp³-hybridized carbons (Fsp3) is 0.458. The summed E-state index contributed by atoms with van der Waals surface area (Å²) in [6, 6.07) is 19.9. The van der Waals surface area contributed by atoms with Crippen molar-refractivity contribution in [3.8, 4) is 33.5 Å². The minimum atomic E-state index is -0.737. The number of imidazole rings is 2. The molecule has 0 radical (unpaired) electrons. The minimum Gasteiger partial charge on any atom is -0.453 e. The Morgan fingerprint density at radius 1 is 0.742 bits per heavy atom. The average Bonchev–Trinajstić information content (AvgIpc) is 4.10. The Bertz CT molecular complexity index is 2460. The molecule has 326 valence electrons. The molecule has 2 fully saturated rings. The average molecular weight is 843 g/mol. The maximum Gasteiger partial charge on any atom is 0.407 e. The van der Waals surface area contributed by atoms with Gasteiger partial charge in [0.2, 0.25) is 11.8 Å². The summed E-state index contributed by atoms with van der Waals surface area (Å²) < 4.78 is 9.59. The van der Waals surface area contributed by atoms with Crippen molar-refractivity contribution in [3.63, 3.8) is 0 Å². The van der Waals surface area contributed by atoms with Crippen LogP contribution in [0, 0.1) is 11.8 Å². The lowest BCUT2D eigenvalue weighted by Crippen LogP contribution is -2.55. The lowest BCUT2D eigenvalue weighted by atomic mass is 9.94. The maximum atomic E-state index is 13.8. The van der Waals surface area contributed by atoms with Crippen LogP contribution in [-0.2, 0) is 37.4 Å². The van der Waals surface area contributed by atoms with E-state index in [0.29, 0.717) is 6.54 Å². The van der Waals surface area contributed by atoms with Gasteiger partial charge in [-0.3, -0.25) is 9.59 Å². The number of amides is 4. The molecule has 1 saturated heterocycles. The molecule has 5 aromatic rings. The van der Waals surface area contributed by atoms with E-state index in [9.17, 15) is 19.2 Å². The van der Waals surface area contributed by atoms with Crippen molar-refractivity contribution in [3.05, 3.63) is 83.6 Å². The molecule has 0 spiro atoms. The van der Waals surface area contributed by atoms with Gasteiger partial charge in [0, 0.05) is 17.8 Å². The quantitative estimate of drug-likeness (QED) is 0.0884. The van der Waals surface area contributed by atoms with Gasteiger partial charge in [0.25, 0.3) is 0 Å². The molecule has 3 aromatic carbocycles. The Kier molecular flexibility index (Phi) is 12.1. The molecule has 14 heteroatoms. The van der Waals surface area contributed by atoms with Crippen LogP contribution in [-0.4, -0.2) is 81.7 Å². The molecule has 8 rings (SSSR count). The van der Waals surface area contributed by atoms with Crippen LogP contribution in [0.15, 0.2) is 60.7 Å². The van der Waals surface area contributed by atoms with Crippen LogP contribution >= 0.6 is 0 Å². The molecule has 3 heterocycles. The highest BCUT2D eigenvalue weighted by Gasteiger charge is 2.42. The number of alkyl carbamates (subject to hydrolysis) is 2. The summed E-state index contributed by atoms with van der Waals surface area (Å²) in [6.45, 7) is 8.24. The monoisotopic (exact) mass is 842 g/mol. The lowest BCUT2D eigenvalue weighted by Gasteiger charge is -2.31. The van der Waals surface area contributed by atoms with Gasteiger partial charge in [-0.2, -0.15) is 0 Å². The molecule has 4 amide bonds. The van der Waals surface area contributed by atoms with Crippen molar-refractivity contribution in [2.75, 3.05) is 20.8 Å². The predicted octanol–water partition coefficient (Wildman–Crippen LogP) is 8.09. The number of nitrogens with zero attached hydrogens (tertiary/aromatic N) is 3. The van der Waals surface area contributed by atoms with Crippen molar-refractivity contribution < 1.29 is 28.7 Å². The summed E-state index contributed by atoms with van der Waals surface area (Å²) in [5.41, 5.74) is 9.87. The number of ether oxygens (including phenoxy) is 2. The second-order valence-electron chi connectivity index (χ2n) is 17.8. The number of fused-ring (bicyclic) bond motifs is 4. The number of aryl methyl sites for hydroxylation is 2. The first-order valence-electron chi connectivity index (χ1n) is 22.0. The Balaban J connectivity index is 0.994. The molecule has 1 unspecified atom stereocenters. The first-order chi connectivity index (χ1) is 29.9. The van der Waals surface area contributed by atoms with Crippen molar-refractivity contribution in [1.29, 1.82) is 0 Å². The van der Waals surface area contributed by atoms with Crippen LogP contribution in [0.4, 0.5) is 9.59 Å². The third-order valence-electron chi connectivity index (χ3n) is 13.0. The first kappa shape index (κ1) is 42.5. The third-order valence-corrected chi connectivity index (χ3v) is 13.0. The van der Waals surface area contributed by atoms with Gasteiger partial charge in [0.1, 0.15) is 23.7 Å². The summed E-state index contributed by atoms with van der Waals surface area (Å²) >= 11 is 0. The van der Waals surface area contributed by atoms with Gasteiger partial charge in [0.15, 0.2) is 0 Å². The predicted molar refractivity (Wildman–Crippen MR) is 237 cm³/mol. The number of hydrogen-bond donors (Lipinski definition) is 5. The second-order valence-corrected chi connectivity index (χ2v) is 17.8. The van der Waals surface area contributed by atoms with Gasteiger partial charge in [-0.15, -0.1) is 0 Å². The number of likely N-dealkylation sites (tertiary alicyclic amines) is 1. The largest absolute Gasteiger partial charge is 0.453 e. The molecule has 0 bridgehead atoms. The molecule has 2 aliphatic carbocycles. The SMILES string of the molecule is COC(=O)NC(C(=O)NC1(c2nc3ccc(-c4ccc(-c5ccc6c(c5)CCCc5[nH]c([C@@H]7CCCN7C(=O)[C@@H](NC(=O)OC)C(C)C)nc5-6)cc4)cc3[nH]2)CCCC1)C(C)C. The van der Waals surface area contributed by atoms with Gasteiger partial charge in [0.05, 0.1) is 42.5 Å². The van der Waals surface area contributed by atoms with Gasteiger partial charge in [-0.1, -0.05) is 89.1 Å². The van der Waals surface area contributed by atoms with Crippen LogP contribution in [0.2, 0.25) is 0 Å². The normalized spacial score (nSPS) is 17.9. The van der Waals surface area contributed by atoms with E-state index in [1.165, 1.54) is 19.8 Å². The van der Waals surface area contributed by atoms with Crippen LogP contribution < -0.4 is 16.0 Å². The van der Waals surface area contributed by atoms with E-state index < -0.39 is 29.8 Å².